The molecule has 2 heterocycles. The molecule has 1 saturated heterocycles. The monoisotopic (exact) mass is 411 g/mol. The number of hydrogen-bond donors (Lipinski definition) is 2. The number of nitrogens with zero attached hydrogens (tertiary/aromatic N) is 1. The maximum Gasteiger partial charge on any atom is 0.191 e. The molecule has 162 valence electrons. The minimum Gasteiger partial charge on any atom is -0.473 e. The zero-order valence-electron chi connectivity index (χ0n) is 19.2. The topological polar surface area (TPSA) is 62.2 Å². The molecule has 3 aliphatic rings. The Morgan fingerprint density at radius 2 is 1.82 bits per heavy atom. The third kappa shape index (κ3) is 4.02. The molecular weight excluding hydrogens is 370 g/mol. The highest BCUT2D eigenvalue weighted by Crippen LogP contribution is 2.56. The molecule has 0 spiro atoms. The van der Waals surface area contributed by atoms with Crippen molar-refractivity contribution < 1.29 is 19.7 Å². The summed E-state index contributed by atoms with van der Waals surface area (Å²) in [5.41, 5.74) is 0.355. The maximum absolute atomic E-state index is 11.4. The number of allylic oxidation sites excluding steroid dienone is 1. The Hall–Kier alpha value is -0.563. The van der Waals surface area contributed by atoms with Crippen molar-refractivity contribution in [3.8, 4) is 0 Å². The summed E-state index contributed by atoms with van der Waals surface area (Å²) in [5.74, 6) is 0.960. The van der Waals surface area contributed by atoms with Crippen LogP contribution in [0.5, 0.6) is 0 Å². The molecule has 6 atom stereocenters. The summed E-state index contributed by atoms with van der Waals surface area (Å²) >= 11 is 0. The van der Waals surface area contributed by atoms with E-state index in [1.807, 2.05) is 0 Å². The second-order valence-electron chi connectivity index (χ2n) is 11.7. The SMILES string of the molecule is C[SiH](CC1OC(C)(C)N2C(OC(C)(C)C)=C3CC3[C@@H](CO)[C@@H](O)[C@@H]12)C(C)(C)C. The largest absolute Gasteiger partial charge is 0.473 e. The maximum atomic E-state index is 11.4. The van der Waals surface area contributed by atoms with Crippen LogP contribution in [0.4, 0.5) is 0 Å². The van der Waals surface area contributed by atoms with Crippen molar-refractivity contribution in [3.63, 3.8) is 0 Å². The first kappa shape index (κ1) is 22.1. The van der Waals surface area contributed by atoms with E-state index in [-0.39, 0.29) is 36.2 Å². The highest BCUT2D eigenvalue weighted by Gasteiger charge is 2.60. The molecule has 0 radical (unpaired) electrons. The summed E-state index contributed by atoms with van der Waals surface area (Å²) < 4.78 is 13.1. The Balaban J connectivity index is 2.01. The van der Waals surface area contributed by atoms with Crippen molar-refractivity contribution in [3.05, 3.63) is 11.5 Å². The quantitative estimate of drug-likeness (QED) is 0.694. The van der Waals surface area contributed by atoms with Gasteiger partial charge in [-0.2, -0.15) is 0 Å². The number of aliphatic hydroxyl groups is 2. The molecular formula is C22H41NO4Si. The van der Waals surface area contributed by atoms with Crippen LogP contribution >= 0.6 is 0 Å². The minimum atomic E-state index is -1.09. The third-order valence-electron chi connectivity index (χ3n) is 6.90. The number of fused-ring (bicyclic) bond motifs is 2. The van der Waals surface area contributed by atoms with E-state index in [4.69, 9.17) is 9.47 Å². The van der Waals surface area contributed by atoms with Crippen molar-refractivity contribution in [1.82, 2.24) is 4.90 Å². The first-order chi connectivity index (χ1) is 12.7. The molecule has 0 aromatic heterocycles. The Labute approximate surface area is 172 Å². The van der Waals surface area contributed by atoms with Crippen LogP contribution < -0.4 is 0 Å². The van der Waals surface area contributed by atoms with Gasteiger partial charge in [0.05, 0.1) is 18.2 Å². The average Bonchev–Trinajstić information content (AvgIpc) is 3.23. The normalized spacial score (nSPS) is 36.0. The molecule has 5 nitrogen and oxygen atoms in total. The van der Waals surface area contributed by atoms with Gasteiger partial charge in [-0.05, 0) is 63.6 Å². The van der Waals surface area contributed by atoms with E-state index in [9.17, 15) is 10.2 Å². The van der Waals surface area contributed by atoms with Gasteiger partial charge in [0.1, 0.15) is 11.3 Å². The lowest BCUT2D eigenvalue weighted by Gasteiger charge is -2.41. The standard InChI is InChI=1S/C22H41NO4Si/c1-20(2,3)27-19-14-10-13(14)15(11-24)18(25)17-16(12-28(9)21(4,5)6)26-22(7,8)23(17)19/h13,15-18,24-25,28H,10-12H2,1-9H3/t13?,15-,16?,17-,18-,28?/m1/s1. The molecule has 2 fully saturated rings. The van der Waals surface area contributed by atoms with E-state index in [0.29, 0.717) is 5.04 Å². The van der Waals surface area contributed by atoms with E-state index in [2.05, 4.69) is 66.8 Å². The van der Waals surface area contributed by atoms with Crippen LogP contribution in [0.1, 0.15) is 61.8 Å². The Kier molecular flexibility index (Phi) is 5.53. The van der Waals surface area contributed by atoms with Crippen LogP contribution in [-0.4, -0.2) is 60.1 Å². The first-order valence-corrected chi connectivity index (χ1v) is 13.4. The predicted molar refractivity (Wildman–Crippen MR) is 115 cm³/mol. The van der Waals surface area contributed by atoms with Crippen molar-refractivity contribution in [2.45, 2.75) is 109 Å². The highest BCUT2D eigenvalue weighted by atomic mass is 28.3. The van der Waals surface area contributed by atoms with Crippen LogP contribution in [-0.2, 0) is 9.47 Å². The van der Waals surface area contributed by atoms with Gasteiger partial charge in [0.15, 0.2) is 5.88 Å². The zero-order chi connectivity index (χ0) is 21.2. The van der Waals surface area contributed by atoms with Crippen molar-refractivity contribution in [2.24, 2.45) is 11.8 Å². The fourth-order valence-corrected chi connectivity index (χ4v) is 6.56. The van der Waals surface area contributed by atoms with Crippen LogP contribution in [0.25, 0.3) is 0 Å². The molecule has 1 saturated carbocycles. The molecule has 0 aromatic carbocycles. The smallest absolute Gasteiger partial charge is 0.191 e. The lowest BCUT2D eigenvalue weighted by atomic mass is 9.90. The van der Waals surface area contributed by atoms with Gasteiger partial charge in [-0.25, -0.2) is 0 Å². The van der Waals surface area contributed by atoms with Gasteiger partial charge < -0.3 is 24.6 Å². The Morgan fingerprint density at radius 3 is 2.32 bits per heavy atom. The van der Waals surface area contributed by atoms with Gasteiger partial charge in [-0.15, -0.1) is 0 Å². The molecule has 2 N–H and O–H groups in total. The van der Waals surface area contributed by atoms with Crippen molar-refractivity contribution >= 4 is 8.80 Å². The lowest BCUT2D eigenvalue weighted by molar-refractivity contribution is -0.102. The van der Waals surface area contributed by atoms with E-state index in [0.717, 1.165) is 18.3 Å². The van der Waals surface area contributed by atoms with Gasteiger partial charge in [0.2, 0.25) is 0 Å². The molecule has 0 amide bonds. The first-order valence-electron chi connectivity index (χ1n) is 10.9. The van der Waals surface area contributed by atoms with E-state index in [1.165, 1.54) is 5.57 Å². The van der Waals surface area contributed by atoms with Gasteiger partial charge in [0.25, 0.3) is 0 Å². The van der Waals surface area contributed by atoms with Gasteiger partial charge in [-0.3, -0.25) is 0 Å². The fourth-order valence-electron chi connectivity index (χ4n) is 4.78. The van der Waals surface area contributed by atoms with Crippen LogP contribution in [0, 0.1) is 11.8 Å². The van der Waals surface area contributed by atoms with Gasteiger partial charge in [-0.1, -0.05) is 27.3 Å². The van der Waals surface area contributed by atoms with Gasteiger partial charge in [0, 0.05) is 21.3 Å². The number of hydrogen-bond acceptors (Lipinski definition) is 5. The molecule has 0 aromatic rings. The molecule has 0 bridgehead atoms. The molecule has 2 aliphatic heterocycles. The summed E-state index contributed by atoms with van der Waals surface area (Å²) in [7, 11) is -1.09. The van der Waals surface area contributed by atoms with Crippen LogP contribution in [0.2, 0.25) is 17.6 Å². The fraction of sp³-hybridized carbons (Fsp3) is 0.909. The minimum absolute atomic E-state index is 0.00186. The third-order valence-corrected chi connectivity index (χ3v) is 11.0. The Bertz CT molecular complexity index is 633. The average molecular weight is 412 g/mol. The molecule has 3 rings (SSSR count). The van der Waals surface area contributed by atoms with Crippen LogP contribution in [0.3, 0.4) is 0 Å². The second-order valence-corrected chi connectivity index (χ2v) is 15.7. The summed E-state index contributed by atoms with van der Waals surface area (Å²) in [6.07, 6.45) is 0.225. The van der Waals surface area contributed by atoms with Crippen molar-refractivity contribution in [2.75, 3.05) is 6.61 Å². The number of ether oxygens (including phenoxy) is 2. The summed E-state index contributed by atoms with van der Waals surface area (Å²) in [4.78, 5) is 2.21. The van der Waals surface area contributed by atoms with Crippen molar-refractivity contribution in [1.29, 1.82) is 0 Å². The molecule has 3 unspecified atom stereocenters. The summed E-state index contributed by atoms with van der Waals surface area (Å²) in [6.45, 7) is 19.7. The lowest BCUT2D eigenvalue weighted by Crippen LogP contribution is -2.52. The van der Waals surface area contributed by atoms with Gasteiger partial charge >= 0.3 is 0 Å². The summed E-state index contributed by atoms with van der Waals surface area (Å²) in [5, 5.41) is 21.8. The number of rotatable bonds is 4. The van der Waals surface area contributed by atoms with E-state index < -0.39 is 20.6 Å². The Morgan fingerprint density at radius 1 is 1.21 bits per heavy atom. The predicted octanol–water partition coefficient (Wildman–Crippen LogP) is 3.48. The summed E-state index contributed by atoms with van der Waals surface area (Å²) in [6, 6.07) is 0.827. The second kappa shape index (κ2) is 7.00. The van der Waals surface area contributed by atoms with Crippen LogP contribution in [0.15, 0.2) is 11.5 Å². The van der Waals surface area contributed by atoms with E-state index in [1.54, 1.807) is 0 Å². The molecule has 6 heteroatoms. The van der Waals surface area contributed by atoms with E-state index >= 15 is 0 Å². The molecule has 1 aliphatic carbocycles. The number of aliphatic hydroxyl groups excluding tert-OH is 2. The zero-order valence-corrected chi connectivity index (χ0v) is 20.4. The molecule has 28 heavy (non-hydrogen) atoms. The highest BCUT2D eigenvalue weighted by molar-refractivity contribution is 6.60.